The van der Waals surface area contributed by atoms with Gasteiger partial charge in [-0.25, -0.2) is 0 Å². The van der Waals surface area contributed by atoms with Crippen LogP contribution < -0.4 is 5.32 Å². The number of rotatable bonds is 1. The lowest BCUT2D eigenvalue weighted by atomic mass is 9.97. The van der Waals surface area contributed by atoms with Gasteiger partial charge < -0.3 is 20.6 Å². The van der Waals surface area contributed by atoms with E-state index in [1.807, 2.05) is 0 Å². The number of aromatic hydroxyl groups is 3. The van der Waals surface area contributed by atoms with Gasteiger partial charge in [-0.1, -0.05) is 6.07 Å². The molecule has 4 N–H and O–H groups in total. The molecule has 4 nitrogen and oxygen atoms in total. The number of phenols is 3. The van der Waals surface area contributed by atoms with Crippen LogP contribution in [0.4, 0.5) is 0 Å². The van der Waals surface area contributed by atoms with E-state index in [2.05, 4.69) is 5.32 Å². The van der Waals surface area contributed by atoms with Crippen LogP contribution in [0.25, 0.3) is 0 Å². The Balaban J connectivity index is 2.38. The second kappa shape index (κ2) is 3.38. The predicted octanol–water partition coefficient (Wildman–Crippen LogP) is 0.880. The Labute approximate surface area is 81.8 Å². The Morgan fingerprint density at radius 3 is 2.57 bits per heavy atom. The summed E-state index contributed by atoms with van der Waals surface area (Å²) in [5.74, 6) is -0.674. The Hall–Kier alpha value is -1.42. The Morgan fingerprint density at radius 2 is 1.93 bits per heavy atom. The van der Waals surface area contributed by atoms with Gasteiger partial charge in [0.25, 0.3) is 0 Å². The van der Waals surface area contributed by atoms with Gasteiger partial charge in [0.2, 0.25) is 5.75 Å². The SMILES string of the molecule is Oc1ccc(C2CCNC2)c(O)c1O. The van der Waals surface area contributed by atoms with Crippen molar-refractivity contribution in [3.8, 4) is 17.2 Å². The fraction of sp³-hybridized carbons (Fsp3) is 0.400. The molecule has 0 aliphatic carbocycles. The van der Waals surface area contributed by atoms with Crippen LogP contribution in [0.3, 0.4) is 0 Å². The zero-order valence-electron chi connectivity index (χ0n) is 7.70. The smallest absolute Gasteiger partial charge is 0.200 e. The third-order valence-electron chi connectivity index (χ3n) is 2.66. The monoisotopic (exact) mass is 195 g/mol. The predicted molar refractivity (Wildman–Crippen MR) is 51.7 cm³/mol. The highest BCUT2D eigenvalue weighted by Gasteiger charge is 2.22. The summed E-state index contributed by atoms with van der Waals surface area (Å²) in [6.45, 7) is 1.73. The molecule has 0 amide bonds. The summed E-state index contributed by atoms with van der Waals surface area (Å²) in [5.41, 5.74) is 0.699. The van der Waals surface area contributed by atoms with Gasteiger partial charge in [0.1, 0.15) is 0 Å². The minimum atomic E-state index is -0.422. The molecule has 0 saturated carbocycles. The maximum Gasteiger partial charge on any atom is 0.200 e. The van der Waals surface area contributed by atoms with Crippen LogP contribution in [0.2, 0.25) is 0 Å². The van der Waals surface area contributed by atoms with E-state index >= 15 is 0 Å². The van der Waals surface area contributed by atoms with Crippen LogP contribution in [-0.4, -0.2) is 28.4 Å². The van der Waals surface area contributed by atoms with Gasteiger partial charge >= 0.3 is 0 Å². The van der Waals surface area contributed by atoms with Crippen molar-refractivity contribution in [1.29, 1.82) is 0 Å². The van der Waals surface area contributed by atoms with Crippen molar-refractivity contribution in [3.05, 3.63) is 17.7 Å². The van der Waals surface area contributed by atoms with E-state index in [0.29, 0.717) is 5.56 Å². The maximum absolute atomic E-state index is 9.60. The summed E-state index contributed by atoms with van der Waals surface area (Å²) >= 11 is 0. The van der Waals surface area contributed by atoms with Gasteiger partial charge in [-0.05, 0) is 19.0 Å². The Kier molecular flexibility index (Phi) is 2.21. The molecule has 1 unspecified atom stereocenters. The summed E-state index contributed by atoms with van der Waals surface area (Å²) in [6, 6.07) is 3.06. The molecule has 1 saturated heterocycles. The molecule has 0 aromatic heterocycles. The van der Waals surface area contributed by atoms with Crippen molar-refractivity contribution in [1.82, 2.24) is 5.32 Å². The van der Waals surface area contributed by atoms with Crippen molar-refractivity contribution in [3.63, 3.8) is 0 Å². The largest absolute Gasteiger partial charge is 0.504 e. The zero-order valence-corrected chi connectivity index (χ0v) is 7.70. The lowest BCUT2D eigenvalue weighted by Crippen LogP contribution is -2.08. The molecule has 1 aromatic carbocycles. The first-order chi connectivity index (χ1) is 6.70. The summed E-state index contributed by atoms with van der Waals surface area (Å²) in [7, 11) is 0. The van der Waals surface area contributed by atoms with Crippen molar-refractivity contribution >= 4 is 0 Å². The van der Waals surface area contributed by atoms with Crippen molar-refractivity contribution in [2.75, 3.05) is 13.1 Å². The second-order valence-corrected chi connectivity index (χ2v) is 3.56. The first kappa shape index (κ1) is 9.15. The zero-order chi connectivity index (χ0) is 10.1. The lowest BCUT2D eigenvalue weighted by molar-refractivity contribution is 0.363. The van der Waals surface area contributed by atoms with Crippen LogP contribution in [0.15, 0.2) is 12.1 Å². The lowest BCUT2D eigenvalue weighted by Gasteiger charge is -2.12. The molecule has 4 heteroatoms. The molecular formula is C10H13NO3. The molecule has 0 spiro atoms. The van der Waals surface area contributed by atoms with Crippen LogP contribution in [0.5, 0.6) is 17.2 Å². The van der Waals surface area contributed by atoms with E-state index in [4.69, 9.17) is 5.11 Å². The molecule has 1 aliphatic rings. The molecule has 1 aromatic rings. The van der Waals surface area contributed by atoms with E-state index in [9.17, 15) is 10.2 Å². The normalized spacial score (nSPS) is 21.3. The molecule has 1 fully saturated rings. The van der Waals surface area contributed by atoms with Crippen molar-refractivity contribution in [2.24, 2.45) is 0 Å². The highest BCUT2D eigenvalue weighted by Crippen LogP contribution is 2.41. The standard InChI is InChI=1S/C10H13NO3/c12-8-2-1-7(9(13)10(8)14)6-3-4-11-5-6/h1-2,6,11-14H,3-5H2. The van der Waals surface area contributed by atoms with E-state index in [-0.39, 0.29) is 17.4 Å². The van der Waals surface area contributed by atoms with Crippen LogP contribution >= 0.6 is 0 Å². The second-order valence-electron chi connectivity index (χ2n) is 3.56. The molecule has 0 bridgehead atoms. The fourth-order valence-corrected chi connectivity index (χ4v) is 1.83. The number of hydrogen-bond acceptors (Lipinski definition) is 4. The number of benzene rings is 1. The summed E-state index contributed by atoms with van der Waals surface area (Å²) in [6.07, 6.45) is 0.942. The van der Waals surface area contributed by atoms with Crippen LogP contribution in [-0.2, 0) is 0 Å². The van der Waals surface area contributed by atoms with Gasteiger partial charge in [0.15, 0.2) is 11.5 Å². The number of phenolic OH excluding ortho intramolecular Hbond substituents is 3. The van der Waals surface area contributed by atoms with Gasteiger partial charge in [0.05, 0.1) is 0 Å². The Bertz CT molecular complexity index is 345. The summed E-state index contributed by atoms with van der Waals surface area (Å²) in [5, 5.41) is 31.2. The van der Waals surface area contributed by atoms with Crippen LogP contribution in [0, 0.1) is 0 Å². The van der Waals surface area contributed by atoms with E-state index in [1.54, 1.807) is 6.07 Å². The van der Waals surface area contributed by atoms with Crippen LogP contribution in [0.1, 0.15) is 17.9 Å². The first-order valence-electron chi connectivity index (χ1n) is 4.64. The van der Waals surface area contributed by atoms with Gasteiger partial charge in [-0.2, -0.15) is 0 Å². The average molecular weight is 195 g/mol. The molecule has 1 heterocycles. The summed E-state index contributed by atoms with van der Waals surface area (Å²) in [4.78, 5) is 0. The number of hydrogen-bond donors (Lipinski definition) is 4. The quantitative estimate of drug-likeness (QED) is 0.502. The third-order valence-corrected chi connectivity index (χ3v) is 2.66. The van der Waals surface area contributed by atoms with E-state index in [1.165, 1.54) is 6.07 Å². The molecule has 2 rings (SSSR count). The minimum absolute atomic E-state index is 0.196. The van der Waals surface area contributed by atoms with Gasteiger partial charge in [-0.15, -0.1) is 0 Å². The maximum atomic E-state index is 9.60. The highest BCUT2D eigenvalue weighted by molar-refractivity contribution is 5.54. The van der Waals surface area contributed by atoms with Gasteiger partial charge in [0, 0.05) is 18.0 Å². The van der Waals surface area contributed by atoms with Gasteiger partial charge in [-0.3, -0.25) is 0 Å². The van der Waals surface area contributed by atoms with Crippen molar-refractivity contribution < 1.29 is 15.3 Å². The molecule has 1 atom stereocenters. The molecule has 14 heavy (non-hydrogen) atoms. The molecule has 1 aliphatic heterocycles. The highest BCUT2D eigenvalue weighted by atomic mass is 16.3. The molecule has 0 radical (unpaired) electrons. The molecular weight excluding hydrogens is 182 g/mol. The number of nitrogens with one attached hydrogen (secondary N) is 1. The fourth-order valence-electron chi connectivity index (χ4n) is 1.83. The third kappa shape index (κ3) is 1.37. The van der Waals surface area contributed by atoms with E-state index in [0.717, 1.165) is 19.5 Å². The van der Waals surface area contributed by atoms with Crippen molar-refractivity contribution in [2.45, 2.75) is 12.3 Å². The average Bonchev–Trinajstić information content (AvgIpc) is 2.67. The molecule has 76 valence electrons. The topological polar surface area (TPSA) is 72.7 Å². The summed E-state index contributed by atoms with van der Waals surface area (Å²) < 4.78 is 0. The first-order valence-corrected chi connectivity index (χ1v) is 4.64. The minimum Gasteiger partial charge on any atom is -0.504 e. The Morgan fingerprint density at radius 1 is 1.14 bits per heavy atom. The van der Waals surface area contributed by atoms with E-state index < -0.39 is 5.75 Å².